The molecule has 2 saturated carbocycles. The van der Waals surface area contributed by atoms with Gasteiger partial charge in [-0.25, -0.2) is 0 Å². The Kier molecular flexibility index (Phi) is 5.36. The van der Waals surface area contributed by atoms with Crippen LogP contribution in [0.3, 0.4) is 0 Å². The summed E-state index contributed by atoms with van der Waals surface area (Å²) < 4.78 is 0. The SMILES string of the molecule is [CH-]1CCCC1CC1[CH-]CCC1.[Y]. The minimum atomic E-state index is 0. The van der Waals surface area contributed by atoms with Crippen LogP contribution in [-0.2, 0) is 32.7 Å². The zero-order chi connectivity index (χ0) is 7.52. The van der Waals surface area contributed by atoms with Gasteiger partial charge < -0.3 is 12.8 Å². The third-order valence-corrected chi connectivity index (χ3v) is 3.16. The summed E-state index contributed by atoms with van der Waals surface area (Å²) in [6, 6.07) is 0. The molecule has 2 aliphatic carbocycles. The molecule has 0 saturated heterocycles. The average Bonchev–Trinajstić information content (AvgIpc) is 2.60. The van der Waals surface area contributed by atoms with Crippen molar-refractivity contribution in [1.82, 2.24) is 0 Å². The smallest absolute Gasteiger partial charge is 0 e. The molecular weight excluding hydrogens is 221 g/mol. The molecule has 1 heteroatoms. The van der Waals surface area contributed by atoms with Gasteiger partial charge in [-0.05, 0) is 0 Å². The van der Waals surface area contributed by atoms with Crippen molar-refractivity contribution in [1.29, 1.82) is 0 Å². The van der Waals surface area contributed by atoms with Crippen LogP contribution in [0.2, 0.25) is 0 Å². The van der Waals surface area contributed by atoms with Crippen LogP contribution in [-0.4, -0.2) is 0 Å². The van der Waals surface area contributed by atoms with Crippen molar-refractivity contribution in [3.63, 3.8) is 0 Å². The van der Waals surface area contributed by atoms with E-state index in [2.05, 4.69) is 12.8 Å². The van der Waals surface area contributed by atoms with Gasteiger partial charge in [-0.2, -0.15) is 24.7 Å². The number of hydrogen-bond donors (Lipinski definition) is 0. The molecule has 2 unspecified atom stereocenters. The first kappa shape index (κ1) is 11.2. The van der Waals surface area contributed by atoms with E-state index in [4.69, 9.17) is 0 Å². The van der Waals surface area contributed by atoms with E-state index in [1.807, 2.05) is 0 Å². The number of rotatable bonds is 2. The Morgan fingerprint density at radius 3 is 1.75 bits per heavy atom. The molecule has 0 N–H and O–H groups in total. The largest absolute Gasteiger partial charge is 0.326 e. The number of hydrogen-bond acceptors (Lipinski definition) is 0. The topological polar surface area (TPSA) is 0 Å². The van der Waals surface area contributed by atoms with Crippen LogP contribution < -0.4 is 0 Å². The van der Waals surface area contributed by atoms with Crippen LogP contribution in [0.1, 0.15) is 44.9 Å². The second-order valence-corrected chi connectivity index (χ2v) is 4.09. The summed E-state index contributed by atoms with van der Waals surface area (Å²) in [4.78, 5) is 0. The Balaban J connectivity index is 0.000000720. The molecule has 0 bridgehead atoms. The van der Waals surface area contributed by atoms with Crippen LogP contribution in [0.25, 0.3) is 0 Å². The zero-order valence-corrected chi connectivity index (χ0v) is 10.7. The maximum Gasteiger partial charge on any atom is 0 e. The zero-order valence-electron chi connectivity index (χ0n) is 7.84. The molecule has 0 aliphatic heterocycles. The first-order chi connectivity index (χ1) is 5.45. The fraction of sp³-hybridized carbons (Fsp3) is 0.818. The first-order valence-electron chi connectivity index (χ1n) is 5.12. The fourth-order valence-corrected chi connectivity index (χ4v) is 2.52. The van der Waals surface area contributed by atoms with E-state index in [0.29, 0.717) is 0 Å². The van der Waals surface area contributed by atoms with Gasteiger partial charge in [0.15, 0.2) is 0 Å². The molecule has 0 amide bonds. The average molecular weight is 239 g/mol. The van der Waals surface area contributed by atoms with Crippen molar-refractivity contribution >= 4 is 0 Å². The molecule has 67 valence electrons. The molecule has 0 aromatic carbocycles. The Labute approximate surface area is 102 Å². The first-order valence-corrected chi connectivity index (χ1v) is 5.12. The minimum absolute atomic E-state index is 0. The summed E-state index contributed by atoms with van der Waals surface area (Å²) in [5, 5.41) is 0. The van der Waals surface area contributed by atoms with E-state index in [1.165, 1.54) is 44.9 Å². The summed E-state index contributed by atoms with van der Waals surface area (Å²) >= 11 is 0. The van der Waals surface area contributed by atoms with E-state index in [1.54, 1.807) is 0 Å². The molecule has 0 aromatic rings. The van der Waals surface area contributed by atoms with Gasteiger partial charge in [0.25, 0.3) is 0 Å². The Bertz CT molecular complexity index is 96.2. The molecule has 0 nitrogen and oxygen atoms in total. The molecule has 0 heterocycles. The summed E-state index contributed by atoms with van der Waals surface area (Å²) in [6.45, 7) is 0. The van der Waals surface area contributed by atoms with Crippen LogP contribution in [0.4, 0.5) is 0 Å². The van der Waals surface area contributed by atoms with Crippen LogP contribution >= 0.6 is 0 Å². The molecule has 0 aromatic heterocycles. The molecule has 1 radical (unpaired) electrons. The summed E-state index contributed by atoms with van der Waals surface area (Å²) in [5.74, 6) is 1.96. The van der Waals surface area contributed by atoms with E-state index in [0.717, 1.165) is 11.8 Å². The Hall–Kier alpha value is 1.10. The second kappa shape index (κ2) is 5.75. The van der Waals surface area contributed by atoms with Gasteiger partial charge in [0.2, 0.25) is 0 Å². The molecule has 2 atom stereocenters. The van der Waals surface area contributed by atoms with Crippen molar-refractivity contribution in [2.24, 2.45) is 11.8 Å². The van der Waals surface area contributed by atoms with E-state index in [9.17, 15) is 0 Å². The standard InChI is InChI=1S/C11H18.Y/c1-2-6-10(5-1)9-11-7-3-4-8-11;/h5,7,10-11H,1-4,6,8-9H2;/q-2;. The van der Waals surface area contributed by atoms with Gasteiger partial charge in [-0.15, -0.1) is 6.42 Å². The van der Waals surface area contributed by atoms with Crippen molar-refractivity contribution in [2.75, 3.05) is 0 Å². The van der Waals surface area contributed by atoms with Crippen molar-refractivity contribution in [2.45, 2.75) is 44.9 Å². The molecule has 2 aliphatic rings. The van der Waals surface area contributed by atoms with Gasteiger partial charge in [0.05, 0.1) is 0 Å². The predicted octanol–water partition coefficient (Wildman–Crippen LogP) is 3.38. The van der Waals surface area contributed by atoms with Gasteiger partial charge in [0, 0.05) is 32.7 Å². The summed E-state index contributed by atoms with van der Waals surface area (Å²) in [5.41, 5.74) is 0. The van der Waals surface area contributed by atoms with E-state index in [-0.39, 0.29) is 32.7 Å². The molecule has 0 spiro atoms. The summed E-state index contributed by atoms with van der Waals surface area (Å²) in [6.07, 6.45) is 15.2. The van der Waals surface area contributed by atoms with Crippen molar-refractivity contribution in [3.8, 4) is 0 Å². The molecular formula is C11H18Y-2. The van der Waals surface area contributed by atoms with Gasteiger partial charge in [0.1, 0.15) is 0 Å². The van der Waals surface area contributed by atoms with Gasteiger partial charge >= 0.3 is 0 Å². The van der Waals surface area contributed by atoms with Crippen molar-refractivity contribution < 1.29 is 32.7 Å². The van der Waals surface area contributed by atoms with Gasteiger partial charge in [-0.3, -0.25) is 0 Å². The maximum atomic E-state index is 2.55. The maximum absolute atomic E-state index is 2.55. The van der Waals surface area contributed by atoms with Crippen LogP contribution in [0, 0.1) is 24.7 Å². The normalized spacial score (nSPS) is 35.0. The third-order valence-electron chi connectivity index (χ3n) is 3.16. The third kappa shape index (κ3) is 3.11. The Morgan fingerprint density at radius 2 is 1.42 bits per heavy atom. The summed E-state index contributed by atoms with van der Waals surface area (Å²) in [7, 11) is 0. The van der Waals surface area contributed by atoms with E-state index < -0.39 is 0 Å². The molecule has 2 fully saturated rings. The monoisotopic (exact) mass is 239 g/mol. The molecule has 12 heavy (non-hydrogen) atoms. The quantitative estimate of drug-likeness (QED) is 0.648. The fourth-order valence-electron chi connectivity index (χ4n) is 2.52. The predicted molar refractivity (Wildman–Crippen MR) is 47.9 cm³/mol. The Morgan fingerprint density at radius 1 is 0.917 bits per heavy atom. The van der Waals surface area contributed by atoms with Crippen LogP contribution in [0.15, 0.2) is 0 Å². The molecule has 2 rings (SSSR count). The van der Waals surface area contributed by atoms with Gasteiger partial charge in [-0.1, -0.05) is 25.7 Å². The minimum Gasteiger partial charge on any atom is -0.326 e. The van der Waals surface area contributed by atoms with E-state index >= 15 is 0 Å². The second-order valence-electron chi connectivity index (χ2n) is 4.09. The van der Waals surface area contributed by atoms with Crippen molar-refractivity contribution in [3.05, 3.63) is 12.8 Å². The van der Waals surface area contributed by atoms with Crippen LogP contribution in [0.5, 0.6) is 0 Å².